The number of anilines is 1. The fourth-order valence-corrected chi connectivity index (χ4v) is 2.57. The van der Waals surface area contributed by atoms with Gasteiger partial charge in [-0.15, -0.1) is 10.2 Å². The van der Waals surface area contributed by atoms with Gasteiger partial charge in [0.05, 0.1) is 0 Å². The number of hydrogen-bond donors (Lipinski definition) is 1. The minimum Gasteiger partial charge on any atom is -0.484 e. The van der Waals surface area contributed by atoms with Gasteiger partial charge < -0.3 is 4.74 Å². The third-order valence-electron chi connectivity index (χ3n) is 2.88. The fourth-order valence-electron chi connectivity index (χ4n) is 1.81. The lowest BCUT2D eigenvalue weighted by Crippen LogP contribution is -2.20. The van der Waals surface area contributed by atoms with Gasteiger partial charge in [-0.2, -0.15) is 0 Å². The molecule has 7 heteroatoms. The molecule has 0 spiro atoms. The third kappa shape index (κ3) is 4.10. The van der Waals surface area contributed by atoms with Crippen LogP contribution in [0.2, 0.25) is 0 Å². The van der Waals surface area contributed by atoms with Crippen LogP contribution in [-0.4, -0.2) is 22.7 Å². The molecule has 0 aliphatic rings. The van der Waals surface area contributed by atoms with Crippen molar-refractivity contribution in [2.45, 2.75) is 0 Å². The summed E-state index contributed by atoms with van der Waals surface area (Å²) in [6.07, 6.45) is 0. The van der Waals surface area contributed by atoms with Crippen molar-refractivity contribution in [3.8, 4) is 16.3 Å². The molecule has 0 aliphatic heterocycles. The molecule has 0 atom stereocenters. The zero-order valence-electron chi connectivity index (χ0n) is 11.9. The van der Waals surface area contributed by atoms with Crippen LogP contribution < -0.4 is 10.1 Å². The molecular weight excluding hydrogens is 317 g/mol. The Kier molecular flexibility index (Phi) is 4.58. The van der Waals surface area contributed by atoms with Crippen molar-refractivity contribution in [3.05, 3.63) is 60.4 Å². The van der Waals surface area contributed by atoms with Crippen LogP contribution in [0.3, 0.4) is 0 Å². The SMILES string of the molecule is O=C(COc1ccc(F)cc1)Nc1nnc(-c2ccccc2)s1. The van der Waals surface area contributed by atoms with E-state index in [4.69, 9.17) is 4.74 Å². The Morgan fingerprint density at radius 3 is 2.57 bits per heavy atom. The number of hydrogen-bond acceptors (Lipinski definition) is 5. The zero-order chi connectivity index (χ0) is 16.1. The van der Waals surface area contributed by atoms with Crippen LogP contribution >= 0.6 is 11.3 Å². The number of aromatic nitrogens is 2. The number of carbonyl (C=O) groups excluding carboxylic acids is 1. The molecule has 0 saturated heterocycles. The maximum absolute atomic E-state index is 12.8. The van der Waals surface area contributed by atoms with Crippen molar-refractivity contribution in [2.24, 2.45) is 0 Å². The Morgan fingerprint density at radius 2 is 1.83 bits per heavy atom. The number of amides is 1. The summed E-state index contributed by atoms with van der Waals surface area (Å²) in [6, 6.07) is 15.0. The first kappa shape index (κ1) is 15.1. The van der Waals surface area contributed by atoms with Gasteiger partial charge in [0.15, 0.2) is 6.61 Å². The first-order valence-corrected chi connectivity index (χ1v) is 7.59. The van der Waals surface area contributed by atoms with Crippen molar-refractivity contribution in [1.82, 2.24) is 10.2 Å². The second-order valence-electron chi connectivity index (χ2n) is 4.57. The van der Waals surface area contributed by atoms with E-state index in [2.05, 4.69) is 15.5 Å². The van der Waals surface area contributed by atoms with Crippen molar-refractivity contribution >= 4 is 22.4 Å². The molecule has 0 fully saturated rings. The number of nitrogens with zero attached hydrogens (tertiary/aromatic N) is 2. The Labute approximate surface area is 135 Å². The topological polar surface area (TPSA) is 64.1 Å². The molecule has 116 valence electrons. The van der Waals surface area contributed by atoms with Crippen LogP contribution in [0.25, 0.3) is 10.6 Å². The molecule has 3 rings (SSSR count). The molecule has 0 radical (unpaired) electrons. The monoisotopic (exact) mass is 329 g/mol. The van der Waals surface area contributed by atoms with Crippen LogP contribution in [0.5, 0.6) is 5.75 Å². The number of ether oxygens (including phenoxy) is 1. The number of rotatable bonds is 5. The highest BCUT2D eigenvalue weighted by atomic mass is 32.1. The molecule has 2 aromatic carbocycles. The summed E-state index contributed by atoms with van der Waals surface area (Å²) >= 11 is 1.28. The highest BCUT2D eigenvalue weighted by Crippen LogP contribution is 2.25. The Hall–Kier alpha value is -2.80. The Balaban J connectivity index is 1.56. The smallest absolute Gasteiger partial charge is 0.264 e. The minimum atomic E-state index is -0.357. The lowest BCUT2D eigenvalue weighted by Gasteiger charge is -2.05. The maximum Gasteiger partial charge on any atom is 0.264 e. The van der Waals surface area contributed by atoms with E-state index >= 15 is 0 Å². The van der Waals surface area contributed by atoms with Gasteiger partial charge in [-0.05, 0) is 24.3 Å². The molecule has 0 saturated carbocycles. The molecule has 1 amide bonds. The van der Waals surface area contributed by atoms with E-state index in [0.717, 1.165) is 10.6 Å². The first-order valence-electron chi connectivity index (χ1n) is 6.78. The molecule has 0 aliphatic carbocycles. The van der Waals surface area contributed by atoms with Gasteiger partial charge in [-0.1, -0.05) is 41.7 Å². The van der Waals surface area contributed by atoms with Crippen LogP contribution in [0.1, 0.15) is 0 Å². The highest BCUT2D eigenvalue weighted by Gasteiger charge is 2.10. The summed E-state index contributed by atoms with van der Waals surface area (Å²) in [4.78, 5) is 11.8. The second kappa shape index (κ2) is 6.97. The predicted octanol–water partition coefficient (Wildman–Crippen LogP) is 3.36. The average Bonchev–Trinajstić information content (AvgIpc) is 3.04. The normalized spacial score (nSPS) is 10.3. The van der Waals surface area contributed by atoms with Crippen molar-refractivity contribution in [3.63, 3.8) is 0 Å². The van der Waals surface area contributed by atoms with E-state index in [9.17, 15) is 9.18 Å². The highest BCUT2D eigenvalue weighted by molar-refractivity contribution is 7.18. The van der Waals surface area contributed by atoms with Crippen LogP contribution in [0.15, 0.2) is 54.6 Å². The van der Waals surface area contributed by atoms with E-state index in [-0.39, 0.29) is 18.3 Å². The van der Waals surface area contributed by atoms with Gasteiger partial charge in [0.25, 0.3) is 5.91 Å². The number of nitrogens with one attached hydrogen (secondary N) is 1. The Bertz CT molecular complexity index is 791. The fraction of sp³-hybridized carbons (Fsp3) is 0.0625. The molecule has 0 bridgehead atoms. The first-order chi connectivity index (χ1) is 11.2. The molecule has 5 nitrogen and oxygen atoms in total. The largest absolute Gasteiger partial charge is 0.484 e. The molecule has 1 aromatic heterocycles. The van der Waals surface area contributed by atoms with E-state index in [1.54, 1.807) is 0 Å². The second-order valence-corrected chi connectivity index (χ2v) is 5.55. The van der Waals surface area contributed by atoms with Crippen LogP contribution in [0, 0.1) is 5.82 Å². The van der Waals surface area contributed by atoms with E-state index in [1.165, 1.54) is 35.6 Å². The average molecular weight is 329 g/mol. The molecule has 1 N–H and O–H groups in total. The number of carbonyl (C=O) groups is 1. The van der Waals surface area contributed by atoms with Gasteiger partial charge in [-0.3, -0.25) is 10.1 Å². The summed E-state index contributed by atoms with van der Waals surface area (Å²) < 4.78 is 18.0. The summed E-state index contributed by atoms with van der Waals surface area (Å²) in [5.74, 6) is -0.294. The van der Waals surface area contributed by atoms with Crippen LogP contribution in [-0.2, 0) is 4.79 Å². The Morgan fingerprint density at radius 1 is 1.09 bits per heavy atom. The predicted molar refractivity (Wildman–Crippen MR) is 85.9 cm³/mol. The van der Waals surface area contributed by atoms with Crippen molar-refractivity contribution in [2.75, 3.05) is 11.9 Å². The molecular formula is C16H12FN3O2S. The van der Waals surface area contributed by atoms with Gasteiger partial charge in [-0.25, -0.2) is 4.39 Å². The van der Waals surface area contributed by atoms with Crippen molar-refractivity contribution < 1.29 is 13.9 Å². The van der Waals surface area contributed by atoms with Crippen LogP contribution in [0.4, 0.5) is 9.52 Å². The zero-order valence-corrected chi connectivity index (χ0v) is 12.7. The third-order valence-corrected chi connectivity index (χ3v) is 3.76. The molecule has 23 heavy (non-hydrogen) atoms. The summed E-state index contributed by atoms with van der Waals surface area (Å²) in [5.41, 5.74) is 0.938. The van der Waals surface area contributed by atoms with Gasteiger partial charge in [0.1, 0.15) is 16.6 Å². The van der Waals surface area contributed by atoms with Gasteiger partial charge >= 0.3 is 0 Å². The molecule has 3 aromatic rings. The van der Waals surface area contributed by atoms with E-state index in [1.807, 2.05) is 30.3 Å². The van der Waals surface area contributed by atoms with Crippen molar-refractivity contribution in [1.29, 1.82) is 0 Å². The summed E-state index contributed by atoms with van der Waals surface area (Å²) in [6.45, 7) is -0.189. The summed E-state index contributed by atoms with van der Waals surface area (Å²) in [5, 5.41) is 11.7. The number of halogens is 1. The molecule has 0 unspecified atom stereocenters. The lowest BCUT2D eigenvalue weighted by atomic mass is 10.2. The maximum atomic E-state index is 12.8. The van der Waals surface area contributed by atoms with Gasteiger partial charge in [0, 0.05) is 5.56 Å². The lowest BCUT2D eigenvalue weighted by molar-refractivity contribution is -0.118. The standard InChI is InChI=1S/C16H12FN3O2S/c17-12-6-8-13(9-7-12)22-10-14(21)18-16-20-19-15(23-16)11-4-2-1-3-5-11/h1-9H,10H2,(H,18,20,21). The van der Waals surface area contributed by atoms with E-state index < -0.39 is 0 Å². The minimum absolute atomic E-state index is 0.189. The summed E-state index contributed by atoms with van der Waals surface area (Å²) in [7, 11) is 0. The quantitative estimate of drug-likeness (QED) is 0.779. The van der Waals surface area contributed by atoms with Gasteiger partial charge in [0.2, 0.25) is 5.13 Å². The number of benzene rings is 2. The molecule has 1 heterocycles. The van der Waals surface area contributed by atoms with E-state index in [0.29, 0.717) is 10.9 Å².